The smallest absolute Gasteiger partial charge is 0.316 e. The maximum atomic E-state index is 13.2. The van der Waals surface area contributed by atoms with Crippen LogP contribution in [0.3, 0.4) is 0 Å². The molecule has 0 heterocycles. The Morgan fingerprint density at radius 3 is 1.55 bits per heavy atom. The SMILES string of the molecule is C=COc1ccc2cc(-c3ccccc3)ccc2c1-c1c(OC(=O)C(C)(C)C)ccc2cc(-c3ccccc3)ccc12. The normalized spacial score (nSPS) is 11.4. The van der Waals surface area contributed by atoms with E-state index >= 15 is 0 Å². The lowest BCUT2D eigenvalue weighted by Gasteiger charge is -2.21. The second kappa shape index (κ2) is 11.0. The molecule has 0 aliphatic rings. The van der Waals surface area contributed by atoms with Crippen LogP contribution in [0.25, 0.3) is 54.9 Å². The number of hydrogen-bond acceptors (Lipinski definition) is 3. The first-order valence-corrected chi connectivity index (χ1v) is 14.1. The average Bonchev–Trinajstić information content (AvgIpc) is 3.01. The second-order valence-electron chi connectivity index (χ2n) is 11.4. The molecule has 0 N–H and O–H groups in total. The van der Waals surface area contributed by atoms with Crippen LogP contribution in [0.1, 0.15) is 20.8 Å². The molecule has 0 aliphatic heterocycles. The van der Waals surface area contributed by atoms with E-state index in [1.165, 1.54) is 6.26 Å². The highest BCUT2D eigenvalue weighted by Gasteiger charge is 2.27. The summed E-state index contributed by atoms with van der Waals surface area (Å²) in [6.07, 6.45) is 1.43. The van der Waals surface area contributed by atoms with Gasteiger partial charge in [0.25, 0.3) is 0 Å². The minimum Gasteiger partial charge on any atom is -0.465 e. The Hall–Kier alpha value is -5.15. The van der Waals surface area contributed by atoms with E-state index in [4.69, 9.17) is 9.47 Å². The summed E-state index contributed by atoms with van der Waals surface area (Å²) in [7, 11) is 0. The van der Waals surface area contributed by atoms with E-state index in [9.17, 15) is 4.79 Å². The van der Waals surface area contributed by atoms with E-state index in [1.54, 1.807) is 0 Å². The fourth-order valence-electron chi connectivity index (χ4n) is 5.28. The minimum absolute atomic E-state index is 0.304. The maximum Gasteiger partial charge on any atom is 0.316 e. The molecule has 0 radical (unpaired) electrons. The fraction of sp³-hybridized carbons (Fsp3) is 0.103. The zero-order valence-corrected chi connectivity index (χ0v) is 24.1. The molecule has 0 bridgehead atoms. The van der Waals surface area contributed by atoms with Gasteiger partial charge in [-0.15, -0.1) is 0 Å². The lowest BCUT2D eigenvalue weighted by molar-refractivity contribution is -0.142. The Balaban J connectivity index is 1.64. The molecule has 0 unspecified atom stereocenters. The number of carbonyl (C=O) groups excluding carboxylic acids is 1. The standard InChI is InChI=1S/C39H32O3/c1-5-41-34-22-18-30-24-28(26-12-8-6-9-13-26)16-20-32(30)36(34)37-33-21-17-29(27-14-10-7-11-15-27)25-31(33)19-23-35(37)42-38(40)39(2,3)4/h5-25H,1H2,2-4H3. The molecule has 0 spiro atoms. The topological polar surface area (TPSA) is 35.5 Å². The molecule has 3 heteroatoms. The largest absolute Gasteiger partial charge is 0.465 e. The Bertz CT molecular complexity index is 1930. The predicted octanol–water partition coefficient (Wildman–Crippen LogP) is 10.5. The predicted molar refractivity (Wildman–Crippen MR) is 174 cm³/mol. The van der Waals surface area contributed by atoms with Gasteiger partial charge in [0.2, 0.25) is 0 Å². The van der Waals surface area contributed by atoms with Gasteiger partial charge in [-0.25, -0.2) is 0 Å². The molecule has 6 aromatic carbocycles. The lowest BCUT2D eigenvalue weighted by Crippen LogP contribution is -2.25. The van der Waals surface area contributed by atoms with Gasteiger partial charge in [0.05, 0.1) is 11.7 Å². The van der Waals surface area contributed by atoms with Gasteiger partial charge in [-0.1, -0.05) is 104 Å². The molecule has 3 nitrogen and oxygen atoms in total. The number of hydrogen-bond donors (Lipinski definition) is 0. The van der Waals surface area contributed by atoms with Crippen molar-refractivity contribution in [3.05, 3.63) is 134 Å². The molecule has 0 atom stereocenters. The lowest BCUT2D eigenvalue weighted by atomic mass is 9.89. The van der Waals surface area contributed by atoms with E-state index < -0.39 is 5.41 Å². The van der Waals surface area contributed by atoms with Crippen molar-refractivity contribution in [1.82, 2.24) is 0 Å². The van der Waals surface area contributed by atoms with Crippen LogP contribution >= 0.6 is 0 Å². The Labute approximate surface area is 246 Å². The summed E-state index contributed by atoms with van der Waals surface area (Å²) < 4.78 is 12.1. The zero-order valence-electron chi connectivity index (χ0n) is 24.1. The van der Waals surface area contributed by atoms with Gasteiger partial charge in [-0.05, 0) is 88.8 Å². The molecule has 0 fully saturated rings. The van der Waals surface area contributed by atoms with Crippen molar-refractivity contribution in [3.8, 4) is 44.9 Å². The molecular weight excluding hydrogens is 516 g/mol. The number of benzene rings is 6. The van der Waals surface area contributed by atoms with Crippen LogP contribution in [-0.2, 0) is 4.79 Å². The Kier molecular flexibility index (Phi) is 7.10. The van der Waals surface area contributed by atoms with Crippen LogP contribution in [-0.4, -0.2) is 5.97 Å². The first kappa shape index (κ1) is 27.0. The first-order valence-electron chi connectivity index (χ1n) is 14.1. The second-order valence-corrected chi connectivity index (χ2v) is 11.4. The molecule has 0 saturated carbocycles. The van der Waals surface area contributed by atoms with Gasteiger partial charge in [0.1, 0.15) is 11.5 Å². The van der Waals surface area contributed by atoms with Gasteiger partial charge >= 0.3 is 5.97 Å². The van der Waals surface area contributed by atoms with Crippen molar-refractivity contribution >= 4 is 27.5 Å². The fourth-order valence-corrected chi connectivity index (χ4v) is 5.28. The average molecular weight is 549 g/mol. The number of ether oxygens (including phenoxy) is 2. The molecular formula is C39H32O3. The third-order valence-corrected chi connectivity index (χ3v) is 7.45. The zero-order chi connectivity index (χ0) is 29.3. The summed E-state index contributed by atoms with van der Waals surface area (Å²) in [5, 5.41) is 4.03. The summed E-state index contributed by atoms with van der Waals surface area (Å²) >= 11 is 0. The van der Waals surface area contributed by atoms with Crippen LogP contribution < -0.4 is 9.47 Å². The number of rotatable bonds is 6. The van der Waals surface area contributed by atoms with Crippen molar-refractivity contribution in [1.29, 1.82) is 0 Å². The third kappa shape index (κ3) is 5.17. The summed E-state index contributed by atoms with van der Waals surface area (Å²) in [4.78, 5) is 13.2. The molecule has 0 aliphatic carbocycles. The van der Waals surface area contributed by atoms with Crippen molar-refractivity contribution in [2.24, 2.45) is 5.41 Å². The van der Waals surface area contributed by atoms with Crippen LogP contribution in [0.2, 0.25) is 0 Å². The summed E-state index contributed by atoms with van der Waals surface area (Å²) in [5.74, 6) is 0.822. The highest BCUT2D eigenvalue weighted by molar-refractivity contribution is 6.11. The monoisotopic (exact) mass is 548 g/mol. The molecule has 206 valence electrons. The highest BCUT2D eigenvalue weighted by Crippen LogP contribution is 2.47. The number of fused-ring (bicyclic) bond motifs is 2. The van der Waals surface area contributed by atoms with Gasteiger partial charge in [0, 0.05) is 11.1 Å². The Morgan fingerprint density at radius 1 is 0.595 bits per heavy atom. The van der Waals surface area contributed by atoms with Gasteiger partial charge in [-0.2, -0.15) is 0 Å². The van der Waals surface area contributed by atoms with Crippen LogP contribution in [0.15, 0.2) is 134 Å². The summed E-state index contributed by atoms with van der Waals surface area (Å²) in [6, 6.07) is 41.4. The molecule has 6 rings (SSSR count). The van der Waals surface area contributed by atoms with Gasteiger partial charge in [-0.3, -0.25) is 4.79 Å². The summed E-state index contributed by atoms with van der Waals surface area (Å²) in [6.45, 7) is 9.40. The Morgan fingerprint density at radius 2 is 1.07 bits per heavy atom. The van der Waals surface area contributed by atoms with E-state index in [0.717, 1.165) is 54.9 Å². The van der Waals surface area contributed by atoms with Crippen LogP contribution in [0.4, 0.5) is 0 Å². The molecule has 42 heavy (non-hydrogen) atoms. The van der Waals surface area contributed by atoms with E-state index in [1.807, 2.05) is 75.4 Å². The molecule has 6 aromatic rings. The maximum absolute atomic E-state index is 13.2. The van der Waals surface area contributed by atoms with Crippen LogP contribution in [0, 0.1) is 5.41 Å². The third-order valence-electron chi connectivity index (χ3n) is 7.45. The van der Waals surface area contributed by atoms with Crippen LogP contribution in [0.5, 0.6) is 11.5 Å². The van der Waals surface area contributed by atoms with E-state index in [2.05, 4.69) is 73.3 Å². The van der Waals surface area contributed by atoms with Crippen molar-refractivity contribution in [2.75, 3.05) is 0 Å². The summed E-state index contributed by atoms with van der Waals surface area (Å²) in [5.41, 5.74) is 5.50. The number of esters is 1. The van der Waals surface area contributed by atoms with Gasteiger partial charge < -0.3 is 9.47 Å². The number of carbonyl (C=O) groups is 1. The van der Waals surface area contributed by atoms with Gasteiger partial charge in [0.15, 0.2) is 0 Å². The van der Waals surface area contributed by atoms with E-state index in [-0.39, 0.29) is 5.97 Å². The molecule has 0 saturated heterocycles. The van der Waals surface area contributed by atoms with Crippen molar-refractivity contribution in [2.45, 2.75) is 20.8 Å². The molecule has 0 aromatic heterocycles. The van der Waals surface area contributed by atoms with Crippen molar-refractivity contribution < 1.29 is 14.3 Å². The first-order chi connectivity index (χ1) is 20.3. The highest BCUT2D eigenvalue weighted by atomic mass is 16.5. The van der Waals surface area contributed by atoms with Crippen molar-refractivity contribution in [3.63, 3.8) is 0 Å². The molecule has 0 amide bonds. The van der Waals surface area contributed by atoms with E-state index in [0.29, 0.717) is 11.5 Å². The minimum atomic E-state index is -0.673. The quantitative estimate of drug-likeness (QED) is 0.118.